The standard InChI is InChI=1S/C24H25N3O3.C17H11NO3/c1-26(2)16-9-10-27(13-16)14-19-21(28)8-7-18-23(29)22(30-24(18)19)11-15-12-25-20-6-4-3-5-17(15)20;19-11-5-6-13-15(8-11)21-16(17(13)20)7-10-9-18-14-4-2-1-3-12(10)14/h3-8,11-12,16,25,28H,9-10,13-14H2,1-2H3;1-9,18-19H/b22-11-;16-7-. The van der Waals surface area contributed by atoms with Gasteiger partial charge in [0.05, 0.1) is 16.7 Å². The average molecular weight is 681 g/mol. The summed E-state index contributed by atoms with van der Waals surface area (Å²) in [7, 11) is 4.19. The molecule has 3 aliphatic heterocycles. The van der Waals surface area contributed by atoms with Crippen molar-refractivity contribution >= 4 is 45.5 Å². The zero-order valence-corrected chi connectivity index (χ0v) is 28.1. The summed E-state index contributed by atoms with van der Waals surface area (Å²) in [5, 5.41) is 22.0. The molecule has 51 heavy (non-hydrogen) atoms. The second-order valence-electron chi connectivity index (χ2n) is 13.2. The molecular weight excluding hydrogens is 644 g/mol. The minimum absolute atomic E-state index is 0.0786. The summed E-state index contributed by atoms with van der Waals surface area (Å²) < 4.78 is 11.6. The van der Waals surface area contributed by atoms with Crippen LogP contribution in [-0.2, 0) is 6.54 Å². The maximum Gasteiger partial charge on any atom is 0.231 e. The van der Waals surface area contributed by atoms with Crippen molar-refractivity contribution < 1.29 is 29.3 Å². The number of likely N-dealkylation sites (tertiary alicyclic amines) is 1. The molecule has 3 aliphatic rings. The van der Waals surface area contributed by atoms with Gasteiger partial charge in [-0.1, -0.05) is 36.4 Å². The summed E-state index contributed by atoms with van der Waals surface area (Å²) in [6.45, 7) is 2.45. The minimum atomic E-state index is -0.171. The fourth-order valence-electron chi connectivity index (χ4n) is 6.94. The number of fused-ring (bicyclic) bond motifs is 4. The molecule has 0 amide bonds. The molecule has 1 atom stereocenters. The molecule has 6 aromatic rings. The summed E-state index contributed by atoms with van der Waals surface area (Å²) in [5.74, 6) is 1.36. The monoisotopic (exact) mass is 680 g/mol. The predicted molar refractivity (Wildman–Crippen MR) is 196 cm³/mol. The van der Waals surface area contributed by atoms with Gasteiger partial charge in [-0.15, -0.1) is 0 Å². The van der Waals surface area contributed by atoms with Crippen LogP contribution in [0.5, 0.6) is 23.0 Å². The first-order valence-corrected chi connectivity index (χ1v) is 16.8. The van der Waals surface area contributed by atoms with E-state index in [1.807, 2.05) is 60.9 Å². The number of rotatable bonds is 5. The van der Waals surface area contributed by atoms with Crippen LogP contribution in [0.1, 0.15) is 43.8 Å². The molecule has 256 valence electrons. The highest BCUT2D eigenvalue weighted by molar-refractivity contribution is 6.16. The molecule has 4 aromatic carbocycles. The first-order valence-electron chi connectivity index (χ1n) is 16.8. The third kappa shape index (κ3) is 6.05. The Labute approximate surface area is 293 Å². The number of aromatic hydroxyl groups is 2. The van der Waals surface area contributed by atoms with Gasteiger partial charge in [0.25, 0.3) is 0 Å². The number of Topliss-reactive ketones (excluding diaryl/α,β-unsaturated/α-hetero) is 2. The van der Waals surface area contributed by atoms with Gasteiger partial charge in [0, 0.05) is 77.1 Å². The van der Waals surface area contributed by atoms with E-state index in [1.165, 1.54) is 12.1 Å². The van der Waals surface area contributed by atoms with Crippen LogP contribution in [0, 0.1) is 0 Å². The number of carbonyl (C=O) groups excluding carboxylic acids is 2. The lowest BCUT2D eigenvalue weighted by atomic mass is 10.0. The number of ether oxygens (including phenoxy) is 2. The molecule has 0 radical (unpaired) electrons. The zero-order valence-electron chi connectivity index (χ0n) is 28.1. The van der Waals surface area contributed by atoms with Gasteiger partial charge >= 0.3 is 0 Å². The van der Waals surface area contributed by atoms with Crippen molar-refractivity contribution in [2.75, 3.05) is 27.2 Å². The summed E-state index contributed by atoms with van der Waals surface area (Å²) >= 11 is 0. The van der Waals surface area contributed by atoms with Crippen molar-refractivity contribution in [2.24, 2.45) is 0 Å². The van der Waals surface area contributed by atoms with E-state index in [1.54, 1.807) is 30.4 Å². The molecule has 1 unspecified atom stereocenters. The van der Waals surface area contributed by atoms with Crippen molar-refractivity contribution in [3.8, 4) is 23.0 Å². The average Bonchev–Trinajstić information content (AvgIpc) is 3.96. The SMILES string of the molecule is CN(C)C1CCN(Cc2c(O)ccc3c2O/C(=C\c2c[nH]c4ccccc24)C3=O)C1.O=C1/C(=C/c2c[nH]c3ccccc23)Oc2cc(O)ccc21. The molecule has 0 aliphatic carbocycles. The van der Waals surface area contributed by atoms with Gasteiger partial charge in [0.15, 0.2) is 11.5 Å². The van der Waals surface area contributed by atoms with Crippen LogP contribution in [0.15, 0.2) is 103 Å². The zero-order chi connectivity index (χ0) is 35.2. The number of nitrogens with one attached hydrogen (secondary N) is 2. The number of para-hydroxylation sites is 2. The number of nitrogens with zero attached hydrogens (tertiary/aromatic N) is 2. The number of carbonyl (C=O) groups is 2. The number of aromatic amines is 2. The number of likely N-dealkylation sites (N-methyl/N-ethyl adjacent to an activating group) is 1. The Morgan fingerprint density at radius 3 is 2.06 bits per heavy atom. The van der Waals surface area contributed by atoms with Gasteiger partial charge in [-0.2, -0.15) is 0 Å². The fraction of sp³-hybridized carbons (Fsp3) is 0.171. The summed E-state index contributed by atoms with van der Waals surface area (Å²) in [4.78, 5) is 36.2. The second-order valence-corrected chi connectivity index (χ2v) is 13.2. The fourth-order valence-corrected chi connectivity index (χ4v) is 6.94. The van der Waals surface area contributed by atoms with Crippen LogP contribution < -0.4 is 9.47 Å². The van der Waals surface area contributed by atoms with E-state index in [-0.39, 0.29) is 34.6 Å². The molecule has 0 spiro atoms. The Bertz CT molecular complexity index is 2400. The van der Waals surface area contributed by atoms with Gasteiger partial charge in [0.1, 0.15) is 23.0 Å². The van der Waals surface area contributed by atoms with Crippen LogP contribution in [0.3, 0.4) is 0 Å². The summed E-state index contributed by atoms with van der Waals surface area (Å²) in [6, 6.07) is 24.1. The van der Waals surface area contributed by atoms with E-state index in [0.29, 0.717) is 40.8 Å². The van der Waals surface area contributed by atoms with Crippen molar-refractivity contribution in [1.29, 1.82) is 0 Å². The number of H-pyrrole nitrogens is 2. The number of ketones is 2. The first-order chi connectivity index (χ1) is 24.7. The van der Waals surface area contributed by atoms with E-state index in [4.69, 9.17) is 9.47 Å². The Balaban J connectivity index is 0.000000156. The van der Waals surface area contributed by atoms with E-state index < -0.39 is 0 Å². The molecule has 10 heteroatoms. The number of benzene rings is 4. The lowest BCUT2D eigenvalue weighted by Crippen LogP contribution is -2.31. The maximum atomic E-state index is 13.0. The highest BCUT2D eigenvalue weighted by Crippen LogP contribution is 2.41. The molecule has 9 rings (SSSR count). The smallest absolute Gasteiger partial charge is 0.231 e. The van der Waals surface area contributed by atoms with Crippen molar-refractivity contribution in [1.82, 2.24) is 19.8 Å². The molecule has 5 heterocycles. The quantitative estimate of drug-likeness (QED) is 0.142. The number of allylic oxidation sites excluding steroid dienone is 2. The molecule has 1 fully saturated rings. The molecule has 4 N–H and O–H groups in total. The van der Waals surface area contributed by atoms with Gasteiger partial charge in [0.2, 0.25) is 11.6 Å². The summed E-state index contributed by atoms with van der Waals surface area (Å²) in [6.07, 6.45) is 8.31. The molecule has 2 aromatic heterocycles. The maximum absolute atomic E-state index is 13.0. The van der Waals surface area contributed by atoms with Crippen molar-refractivity contribution in [2.45, 2.75) is 19.0 Å². The molecule has 0 bridgehead atoms. The topological polar surface area (TPSA) is 131 Å². The molecule has 10 nitrogen and oxygen atoms in total. The Morgan fingerprint density at radius 1 is 0.804 bits per heavy atom. The number of aromatic nitrogens is 2. The molecular formula is C41H36N4O6. The second kappa shape index (κ2) is 13.0. The summed E-state index contributed by atoms with van der Waals surface area (Å²) in [5.41, 5.74) is 5.48. The van der Waals surface area contributed by atoms with Crippen molar-refractivity contribution in [3.63, 3.8) is 0 Å². The van der Waals surface area contributed by atoms with Crippen LogP contribution in [0.2, 0.25) is 0 Å². The predicted octanol–water partition coefficient (Wildman–Crippen LogP) is 7.12. The minimum Gasteiger partial charge on any atom is -0.508 e. The van der Waals surface area contributed by atoms with Gasteiger partial charge < -0.3 is 34.6 Å². The number of hydrogen-bond acceptors (Lipinski definition) is 8. The number of hydrogen-bond donors (Lipinski definition) is 4. The first kappa shape index (κ1) is 32.1. The van der Waals surface area contributed by atoms with E-state index in [2.05, 4.69) is 33.9 Å². The Hall–Kier alpha value is -6.10. The van der Waals surface area contributed by atoms with E-state index in [0.717, 1.165) is 52.4 Å². The van der Waals surface area contributed by atoms with Gasteiger partial charge in [-0.05, 0) is 69.1 Å². The van der Waals surface area contributed by atoms with Crippen molar-refractivity contribution in [3.05, 3.63) is 131 Å². The third-order valence-corrected chi connectivity index (χ3v) is 9.74. The van der Waals surface area contributed by atoms with Crippen LogP contribution >= 0.6 is 0 Å². The highest BCUT2D eigenvalue weighted by Gasteiger charge is 2.33. The lowest BCUT2D eigenvalue weighted by molar-refractivity contribution is 0.101. The van der Waals surface area contributed by atoms with Crippen LogP contribution in [-0.4, -0.2) is 74.8 Å². The van der Waals surface area contributed by atoms with Crippen LogP contribution in [0.25, 0.3) is 34.0 Å². The van der Waals surface area contributed by atoms with E-state index >= 15 is 0 Å². The highest BCUT2D eigenvalue weighted by atomic mass is 16.5. The Kier molecular flexibility index (Phi) is 8.18. The molecule has 0 saturated carbocycles. The van der Waals surface area contributed by atoms with Gasteiger partial charge in [-0.3, -0.25) is 14.5 Å². The molecule has 1 saturated heterocycles. The Morgan fingerprint density at radius 2 is 1.41 bits per heavy atom. The lowest BCUT2D eigenvalue weighted by Gasteiger charge is -2.21. The van der Waals surface area contributed by atoms with Gasteiger partial charge in [-0.25, -0.2) is 0 Å². The largest absolute Gasteiger partial charge is 0.508 e. The number of phenolic OH excluding ortho intramolecular Hbond substituents is 2. The third-order valence-electron chi connectivity index (χ3n) is 9.74. The normalized spacial score (nSPS) is 18.4. The van der Waals surface area contributed by atoms with E-state index in [9.17, 15) is 19.8 Å². The van der Waals surface area contributed by atoms with Crippen LogP contribution in [0.4, 0.5) is 0 Å². The number of phenols is 2.